The van der Waals surface area contributed by atoms with E-state index in [2.05, 4.69) is 68.7 Å². The van der Waals surface area contributed by atoms with Gasteiger partial charge in [-0.25, -0.2) is 4.98 Å². The van der Waals surface area contributed by atoms with Crippen LogP contribution >= 0.6 is 11.3 Å². The second-order valence-electron chi connectivity index (χ2n) is 6.64. The number of nitrogens with zero attached hydrogens (tertiary/aromatic N) is 1. The number of aromatic nitrogens is 1. The third kappa shape index (κ3) is 3.53. The molecule has 1 aromatic heterocycles. The van der Waals surface area contributed by atoms with Gasteiger partial charge in [-0.1, -0.05) is 58.0 Å². The Morgan fingerprint density at radius 2 is 1.81 bits per heavy atom. The van der Waals surface area contributed by atoms with Crippen LogP contribution in [0.25, 0.3) is 0 Å². The Hall–Kier alpha value is -1.19. The molecule has 1 atom stereocenters. The van der Waals surface area contributed by atoms with Crippen LogP contribution < -0.4 is 5.32 Å². The second-order valence-corrected chi connectivity index (χ2v) is 7.49. The first-order chi connectivity index (χ1) is 9.91. The summed E-state index contributed by atoms with van der Waals surface area (Å²) in [5.74, 6) is 0. The van der Waals surface area contributed by atoms with E-state index >= 15 is 0 Å². The Morgan fingerprint density at radius 3 is 2.29 bits per heavy atom. The molecule has 0 aliphatic rings. The number of hydrogen-bond donors (Lipinski definition) is 1. The molecule has 2 nitrogen and oxygen atoms in total. The van der Waals surface area contributed by atoms with Crippen molar-refractivity contribution in [2.75, 3.05) is 7.05 Å². The minimum absolute atomic E-state index is 0.0739. The van der Waals surface area contributed by atoms with Gasteiger partial charge in [-0.15, -0.1) is 11.3 Å². The highest BCUT2D eigenvalue weighted by Gasteiger charge is 2.33. The van der Waals surface area contributed by atoms with Gasteiger partial charge in [0.15, 0.2) is 0 Å². The Labute approximate surface area is 132 Å². The summed E-state index contributed by atoms with van der Waals surface area (Å²) in [6, 6.07) is 10.7. The summed E-state index contributed by atoms with van der Waals surface area (Å²) in [4.78, 5) is 4.95. The zero-order valence-electron chi connectivity index (χ0n) is 13.7. The van der Waals surface area contributed by atoms with Crippen molar-refractivity contribution in [2.45, 2.75) is 51.5 Å². The van der Waals surface area contributed by atoms with Crippen molar-refractivity contribution in [1.29, 1.82) is 0 Å². The molecule has 0 saturated carbocycles. The molecule has 0 aliphatic carbocycles. The van der Waals surface area contributed by atoms with Crippen LogP contribution in [-0.4, -0.2) is 12.0 Å². The van der Waals surface area contributed by atoms with Crippen molar-refractivity contribution in [2.24, 2.45) is 0 Å². The van der Waals surface area contributed by atoms with Crippen molar-refractivity contribution in [3.8, 4) is 0 Å². The van der Waals surface area contributed by atoms with Crippen LogP contribution in [0.3, 0.4) is 0 Å². The van der Waals surface area contributed by atoms with Crippen LogP contribution in [0.15, 0.2) is 35.7 Å². The molecule has 1 unspecified atom stereocenters. The average molecular weight is 302 g/mol. The first-order valence-corrected chi connectivity index (χ1v) is 8.48. The number of hydrogen-bond acceptors (Lipinski definition) is 3. The highest BCUT2D eigenvalue weighted by Crippen LogP contribution is 2.34. The summed E-state index contributed by atoms with van der Waals surface area (Å²) in [7, 11) is 2.05. The van der Waals surface area contributed by atoms with Gasteiger partial charge in [-0.3, -0.25) is 0 Å². The minimum Gasteiger partial charge on any atom is -0.308 e. The minimum atomic E-state index is -0.0739. The molecule has 21 heavy (non-hydrogen) atoms. The highest BCUT2D eigenvalue weighted by atomic mass is 32.1. The molecule has 0 radical (unpaired) electrons. The van der Waals surface area contributed by atoms with E-state index in [9.17, 15) is 0 Å². The van der Waals surface area contributed by atoms with E-state index in [-0.39, 0.29) is 11.0 Å². The predicted molar refractivity (Wildman–Crippen MR) is 92.0 cm³/mol. The normalized spacial score (nSPS) is 14.9. The van der Waals surface area contributed by atoms with Crippen molar-refractivity contribution < 1.29 is 0 Å². The molecule has 1 aromatic carbocycles. The van der Waals surface area contributed by atoms with E-state index in [4.69, 9.17) is 4.98 Å². The predicted octanol–water partition coefficient (Wildman–Crippen LogP) is 4.51. The highest BCUT2D eigenvalue weighted by molar-refractivity contribution is 7.09. The van der Waals surface area contributed by atoms with Crippen LogP contribution in [-0.2, 0) is 17.4 Å². The third-order valence-corrected chi connectivity index (χ3v) is 5.16. The van der Waals surface area contributed by atoms with Gasteiger partial charge in [0, 0.05) is 10.8 Å². The topological polar surface area (TPSA) is 24.9 Å². The molecule has 3 heteroatoms. The van der Waals surface area contributed by atoms with E-state index in [1.807, 2.05) is 7.05 Å². The van der Waals surface area contributed by atoms with Gasteiger partial charge in [-0.2, -0.15) is 0 Å². The molecular weight excluding hydrogens is 276 g/mol. The molecule has 0 aliphatic heterocycles. The van der Waals surface area contributed by atoms with Gasteiger partial charge in [0.05, 0.1) is 11.2 Å². The van der Waals surface area contributed by atoms with E-state index in [1.165, 1.54) is 16.3 Å². The van der Waals surface area contributed by atoms with Crippen LogP contribution in [0, 0.1) is 0 Å². The average Bonchev–Trinajstić information content (AvgIpc) is 2.96. The quantitative estimate of drug-likeness (QED) is 0.879. The summed E-state index contributed by atoms with van der Waals surface area (Å²) < 4.78 is 0. The fourth-order valence-corrected chi connectivity index (χ4v) is 3.83. The van der Waals surface area contributed by atoms with Crippen LogP contribution in [0.5, 0.6) is 0 Å². The van der Waals surface area contributed by atoms with Gasteiger partial charge in [0.25, 0.3) is 0 Å². The van der Waals surface area contributed by atoms with Gasteiger partial charge in [0.1, 0.15) is 5.01 Å². The molecule has 114 valence electrons. The lowest BCUT2D eigenvalue weighted by atomic mass is 9.88. The number of thiazole rings is 1. The first-order valence-electron chi connectivity index (χ1n) is 7.60. The number of benzene rings is 1. The lowest BCUT2D eigenvalue weighted by Crippen LogP contribution is -2.41. The maximum Gasteiger partial charge on any atom is 0.113 e. The molecule has 0 fully saturated rings. The van der Waals surface area contributed by atoms with Crippen molar-refractivity contribution in [1.82, 2.24) is 10.3 Å². The molecule has 0 amide bonds. The largest absolute Gasteiger partial charge is 0.308 e. The Kier molecular flexibility index (Phi) is 4.84. The smallest absolute Gasteiger partial charge is 0.113 e. The number of rotatable bonds is 5. The standard InChI is InChI=1S/C18H26N2S/c1-6-18(19-5,12-14-10-8-7-9-11-14)16-20-15(13-21-16)17(2,3)4/h7-11,13,19H,6,12H2,1-5H3. The molecule has 0 bridgehead atoms. The van der Waals surface area contributed by atoms with E-state index in [0.29, 0.717) is 0 Å². The Morgan fingerprint density at radius 1 is 1.14 bits per heavy atom. The Balaban J connectivity index is 2.36. The van der Waals surface area contributed by atoms with Crippen molar-refractivity contribution in [3.63, 3.8) is 0 Å². The molecule has 2 rings (SSSR count). The molecule has 2 aromatic rings. The maximum atomic E-state index is 4.95. The van der Waals surface area contributed by atoms with Crippen LogP contribution in [0.4, 0.5) is 0 Å². The van der Waals surface area contributed by atoms with Crippen LogP contribution in [0.2, 0.25) is 0 Å². The molecule has 1 N–H and O–H groups in total. The van der Waals surface area contributed by atoms with Crippen molar-refractivity contribution >= 4 is 11.3 Å². The maximum absolute atomic E-state index is 4.95. The number of likely N-dealkylation sites (N-methyl/N-ethyl adjacent to an activating group) is 1. The SMILES string of the molecule is CCC(Cc1ccccc1)(NC)c1nc(C(C)(C)C)cs1. The fraction of sp³-hybridized carbons (Fsp3) is 0.500. The molecule has 0 spiro atoms. The van der Waals surface area contributed by atoms with Crippen LogP contribution in [0.1, 0.15) is 50.4 Å². The van der Waals surface area contributed by atoms with E-state index in [0.717, 1.165) is 12.8 Å². The van der Waals surface area contributed by atoms with Gasteiger partial charge in [-0.05, 0) is 25.5 Å². The van der Waals surface area contributed by atoms with E-state index in [1.54, 1.807) is 11.3 Å². The van der Waals surface area contributed by atoms with E-state index < -0.39 is 0 Å². The monoisotopic (exact) mass is 302 g/mol. The molecular formula is C18H26N2S. The lowest BCUT2D eigenvalue weighted by molar-refractivity contribution is 0.341. The molecule has 1 heterocycles. The second kappa shape index (κ2) is 6.29. The number of nitrogens with one attached hydrogen (secondary N) is 1. The lowest BCUT2D eigenvalue weighted by Gasteiger charge is -2.31. The first kappa shape index (κ1) is 16.2. The summed E-state index contributed by atoms with van der Waals surface area (Å²) in [5, 5.41) is 6.95. The van der Waals surface area contributed by atoms with Crippen molar-refractivity contribution in [3.05, 3.63) is 52.0 Å². The summed E-state index contributed by atoms with van der Waals surface area (Å²) in [5.41, 5.74) is 2.56. The zero-order chi connectivity index (χ0) is 15.5. The summed E-state index contributed by atoms with van der Waals surface area (Å²) >= 11 is 1.78. The van der Waals surface area contributed by atoms with Gasteiger partial charge >= 0.3 is 0 Å². The summed E-state index contributed by atoms with van der Waals surface area (Å²) in [6.07, 6.45) is 1.99. The fourth-order valence-electron chi connectivity index (χ4n) is 2.51. The summed E-state index contributed by atoms with van der Waals surface area (Å²) in [6.45, 7) is 8.89. The third-order valence-electron chi connectivity index (χ3n) is 4.11. The van der Waals surface area contributed by atoms with Gasteiger partial charge in [0.2, 0.25) is 0 Å². The van der Waals surface area contributed by atoms with Gasteiger partial charge < -0.3 is 5.32 Å². The Bertz CT molecular complexity index is 562. The molecule has 0 saturated heterocycles. The zero-order valence-corrected chi connectivity index (χ0v) is 14.6.